The topological polar surface area (TPSA) is 87.7 Å². The lowest BCUT2D eigenvalue weighted by atomic mass is 10.1. The zero-order valence-electron chi connectivity index (χ0n) is 19.0. The molecule has 3 rings (SSSR count). The Labute approximate surface area is 195 Å². The van der Waals surface area contributed by atoms with E-state index in [0.717, 1.165) is 6.54 Å². The summed E-state index contributed by atoms with van der Waals surface area (Å²) in [7, 11) is -0.324. The number of nitrogens with one attached hydrogen (secondary N) is 2. The summed E-state index contributed by atoms with van der Waals surface area (Å²) < 4.78 is 33.3. The fraction of sp³-hybridized carbons (Fsp3) is 0.240. The van der Waals surface area contributed by atoms with Gasteiger partial charge in [-0.3, -0.25) is 9.52 Å². The Morgan fingerprint density at radius 1 is 1.00 bits per heavy atom. The van der Waals surface area contributed by atoms with E-state index in [1.54, 1.807) is 44.4 Å². The number of carbonyl (C=O) groups is 1. The van der Waals surface area contributed by atoms with Crippen LogP contribution in [0.1, 0.15) is 21.5 Å². The van der Waals surface area contributed by atoms with Gasteiger partial charge in [0.25, 0.3) is 15.9 Å². The van der Waals surface area contributed by atoms with E-state index in [0.29, 0.717) is 35.7 Å². The quantitative estimate of drug-likeness (QED) is 0.475. The molecular weight excluding hydrogens is 438 g/mol. The number of amides is 1. The molecular formula is C25H29N3O4S. The summed E-state index contributed by atoms with van der Waals surface area (Å²) in [6.45, 7) is 3.67. The molecule has 7 nitrogen and oxygen atoms in total. The van der Waals surface area contributed by atoms with Crippen LogP contribution in [0, 0.1) is 6.92 Å². The highest BCUT2D eigenvalue weighted by atomic mass is 32.2. The normalized spacial score (nSPS) is 11.3. The molecule has 0 bridgehead atoms. The third kappa shape index (κ3) is 6.81. The molecule has 0 aliphatic rings. The third-order valence-corrected chi connectivity index (χ3v) is 6.56. The number of ether oxygens (including phenoxy) is 1. The molecule has 33 heavy (non-hydrogen) atoms. The Bertz CT molecular complexity index is 1180. The predicted molar refractivity (Wildman–Crippen MR) is 130 cm³/mol. The lowest BCUT2D eigenvalue weighted by Crippen LogP contribution is -2.33. The van der Waals surface area contributed by atoms with Crippen LogP contribution in [0.25, 0.3) is 0 Å². The zero-order valence-corrected chi connectivity index (χ0v) is 19.9. The number of rotatable bonds is 10. The molecule has 0 heterocycles. The van der Waals surface area contributed by atoms with Gasteiger partial charge >= 0.3 is 0 Å². The number of methoxy groups -OCH3 is 1. The first-order valence-electron chi connectivity index (χ1n) is 10.6. The Balaban J connectivity index is 1.62. The largest absolute Gasteiger partial charge is 0.497 e. The highest BCUT2D eigenvalue weighted by Crippen LogP contribution is 2.21. The summed E-state index contributed by atoms with van der Waals surface area (Å²) in [6.07, 6.45) is 0. The van der Waals surface area contributed by atoms with Crippen molar-refractivity contribution >= 4 is 21.6 Å². The first-order chi connectivity index (χ1) is 15.8. The molecule has 1 amide bonds. The lowest BCUT2D eigenvalue weighted by Gasteiger charge is -2.17. The van der Waals surface area contributed by atoms with E-state index in [1.165, 1.54) is 17.7 Å². The maximum absolute atomic E-state index is 12.8. The molecule has 8 heteroatoms. The fourth-order valence-electron chi connectivity index (χ4n) is 3.32. The van der Waals surface area contributed by atoms with E-state index in [2.05, 4.69) is 27.1 Å². The summed E-state index contributed by atoms with van der Waals surface area (Å²) in [4.78, 5) is 14.9. The van der Waals surface area contributed by atoms with Crippen molar-refractivity contribution in [3.05, 3.63) is 89.5 Å². The molecule has 0 radical (unpaired) electrons. The molecule has 0 aromatic heterocycles. The van der Waals surface area contributed by atoms with Crippen LogP contribution < -0.4 is 14.8 Å². The number of hydrogen-bond donors (Lipinski definition) is 2. The van der Waals surface area contributed by atoms with Crippen LogP contribution in [0.15, 0.2) is 77.7 Å². The second-order valence-electron chi connectivity index (χ2n) is 7.79. The van der Waals surface area contributed by atoms with Crippen LogP contribution in [0.4, 0.5) is 5.69 Å². The second kappa shape index (κ2) is 11.0. The number of benzene rings is 3. The molecule has 2 N–H and O–H groups in total. The predicted octanol–water partition coefficient (Wildman–Crippen LogP) is 3.67. The summed E-state index contributed by atoms with van der Waals surface area (Å²) in [5, 5.41) is 2.89. The zero-order chi connectivity index (χ0) is 23.8. The van der Waals surface area contributed by atoms with Crippen molar-refractivity contribution in [3.63, 3.8) is 0 Å². The number of hydrogen-bond acceptors (Lipinski definition) is 5. The van der Waals surface area contributed by atoms with Gasteiger partial charge in [-0.25, -0.2) is 8.42 Å². The Kier molecular flexibility index (Phi) is 8.08. The fourth-order valence-corrected chi connectivity index (χ4v) is 4.40. The Hall–Kier alpha value is -3.36. The van der Waals surface area contributed by atoms with E-state index >= 15 is 0 Å². The molecule has 0 atom stereocenters. The van der Waals surface area contributed by atoms with Crippen molar-refractivity contribution in [2.75, 3.05) is 32.0 Å². The van der Waals surface area contributed by atoms with Crippen molar-refractivity contribution in [1.82, 2.24) is 10.2 Å². The Morgan fingerprint density at radius 2 is 1.70 bits per heavy atom. The minimum absolute atomic E-state index is 0.0234. The molecule has 174 valence electrons. The molecule has 0 saturated carbocycles. The van der Waals surface area contributed by atoms with Gasteiger partial charge in [0, 0.05) is 30.9 Å². The van der Waals surface area contributed by atoms with E-state index < -0.39 is 10.0 Å². The molecule has 0 aliphatic carbocycles. The van der Waals surface area contributed by atoms with E-state index in [1.807, 2.05) is 25.2 Å². The average Bonchev–Trinajstić information content (AvgIpc) is 2.80. The summed E-state index contributed by atoms with van der Waals surface area (Å²) in [5.74, 6) is 0.323. The van der Waals surface area contributed by atoms with Crippen LogP contribution in [0.3, 0.4) is 0 Å². The van der Waals surface area contributed by atoms with Gasteiger partial charge in [0.15, 0.2) is 0 Å². The number of sulfonamides is 1. The molecule has 0 fully saturated rings. The summed E-state index contributed by atoms with van der Waals surface area (Å²) in [5.41, 5.74) is 2.64. The maximum atomic E-state index is 12.8. The van der Waals surface area contributed by atoms with Crippen molar-refractivity contribution in [2.45, 2.75) is 18.4 Å². The molecule has 3 aromatic rings. The van der Waals surface area contributed by atoms with E-state index in [4.69, 9.17) is 4.74 Å². The number of anilines is 1. The highest BCUT2D eigenvalue weighted by Gasteiger charge is 2.18. The summed E-state index contributed by atoms with van der Waals surface area (Å²) in [6, 6.07) is 21.2. The SMILES string of the molecule is COc1ccc(NS(=O)(=O)c2ccc(C)c(C(=O)NCCN(C)Cc3ccccc3)c2)cc1. The monoisotopic (exact) mass is 467 g/mol. The summed E-state index contributed by atoms with van der Waals surface area (Å²) >= 11 is 0. The van der Waals surface area contributed by atoms with Crippen LogP contribution in [-0.2, 0) is 16.6 Å². The smallest absolute Gasteiger partial charge is 0.261 e. The number of nitrogens with zero attached hydrogens (tertiary/aromatic N) is 1. The average molecular weight is 468 g/mol. The van der Waals surface area contributed by atoms with Gasteiger partial charge < -0.3 is 15.0 Å². The van der Waals surface area contributed by atoms with Gasteiger partial charge in [0.1, 0.15) is 5.75 Å². The Morgan fingerprint density at radius 3 is 2.36 bits per heavy atom. The van der Waals surface area contributed by atoms with Gasteiger partial charge in [-0.1, -0.05) is 36.4 Å². The van der Waals surface area contributed by atoms with Gasteiger partial charge in [-0.05, 0) is 61.5 Å². The molecule has 0 saturated heterocycles. The van der Waals surface area contributed by atoms with Gasteiger partial charge in [0.2, 0.25) is 0 Å². The maximum Gasteiger partial charge on any atom is 0.261 e. The number of likely N-dealkylation sites (N-methyl/N-ethyl adjacent to an activating group) is 1. The molecule has 0 spiro atoms. The minimum Gasteiger partial charge on any atom is -0.497 e. The van der Waals surface area contributed by atoms with Crippen molar-refractivity contribution in [3.8, 4) is 5.75 Å². The van der Waals surface area contributed by atoms with Crippen LogP contribution in [0.2, 0.25) is 0 Å². The molecule has 0 aliphatic heterocycles. The standard InChI is InChI=1S/C25H29N3O4S/c1-19-9-14-23(33(30,31)27-21-10-12-22(32-3)13-11-21)17-24(19)25(29)26-15-16-28(2)18-20-7-5-4-6-8-20/h4-14,17,27H,15-16,18H2,1-3H3,(H,26,29). The van der Waals surface area contributed by atoms with Crippen LogP contribution >= 0.6 is 0 Å². The van der Waals surface area contributed by atoms with Crippen molar-refractivity contribution in [1.29, 1.82) is 0 Å². The minimum atomic E-state index is -3.85. The molecule has 0 unspecified atom stereocenters. The van der Waals surface area contributed by atoms with E-state index in [9.17, 15) is 13.2 Å². The van der Waals surface area contributed by atoms with Gasteiger partial charge in [-0.2, -0.15) is 0 Å². The van der Waals surface area contributed by atoms with E-state index in [-0.39, 0.29) is 10.8 Å². The van der Waals surface area contributed by atoms with Crippen LogP contribution in [-0.4, -0.2) is 46.5 Å². The van der Waals surface area contributed by atoms with Crippen molar-refractivity contribution in [2.24, 2.45) is 0 Å². The number of carbonyl (C=O) groups excluding carboxylic acids is 1. The third-order valence-electron chi connectivity index (χ3n) is 5.18. The second-order valence-corrected chi connectivity index (χ2v) is 9.47. The van der Waals surface area contributed by atoms with Crippen LogP contribution in [0.5, 0.6) is 5.75 Å². The first kappa shape index (κ1) is 24.3. The van der Waals surface area contributed by atoms with Gasteiger partial charge in [-0.15, -0.1) is 0 Å². The molecule has 3 aromatic carbocycles. The number of aryl methyl sites for hydroxylation is 1. The lowest BCUT2D eigenvalue weighted by molar-refractivity contribution is 0.0949. The first-order valence-corrected chi connectivity index (χ1v) is 12.0. The van der Waals surface area contributed by atoms with Gasteiger partial charge in [0.05, 0.1) is 12.0 Å². The highest BCUT2D eigenvalue weighted by molar-refractivity contribution is 7.92. The van der Waals surface area contributed by atoms with Crippen molar-refractivity contribution < 1.29 is 17.9 Å².